The standard InChI is InChI=1S/C11H11N5S2/c1-2-9-15-11(18-16-9)17-10-13-7-4-3-6(12)5-8(7)14-10/h3-5H,2,12H2,1H3,(H,13,14). The van der Waals surface area contributed by atoms with Crippen molar-refractivity contribution >= 4 is 40.0 Å². The Hall–Kier alpha value is -1.60. The highest BCUT2D eigenvalue weighted by Gasteiger charge is 2.08. The van der Waals surface area contributed by atoms with Crippen LogP contribution in [0.25, 0.3) is 11.0 Å². The molecule has 0 saturated heterocycles. The average Bonchev–Trinajstić information content (AvgIpc) is 2.95. The molecule has 0 spiro atoms. The monoisotopic (exact) mass is 277 g/mol. The van der Waals surface area contributed by atoms with Crippen LogP contribution >= 0.6 is 23.3 Å². The van der Waals surface area contributed by atoms with Crippen molar-refractivity contribution < 1.29 is 0 Å². The Bertz CT molecular complexity index is 688. The molecule has 0 aliphatic carbocycles. The van der Waals surface area contributed by atoms with Crippen LogP contribution < -0.4 is 5.73 Å². The minimum Gasteiger partial charge on any atom is -0.399 e. The molecule has 0 unspecified atom stereocenters. The number of aryl methyl sites for hydroxylation is 1. The Morgan fingerprint density at radius 3 is 3.06 bits per heavy atom. The summed E-state index contributed by atoms with van der Waals surface area (Å²) in [6.45, 7) is 2.04. The second-order valence-corrected chi connectivity index (χ2v) is 5.74. The van der Waals surface area contributed by atoms with Crippen LogP contribution in [0.2, 0.25) is 0 Å². The molecule has 0 bridgehead atoms. The van der Waals surface area contributed by atoms with Crippen LogP contribution in [0, 0.1) is 0 Å². The third-order valence-electron chi connectivity index (χ3n) is 2.43. The van der Waals surface area contributed by atoms with Crippen LogP contribution in [0.5, 0.6) is 0 Å². The first-order valence-electron chi connectivity index (χ1n) is 5.50. The van der Waals surface area contributed by atoms with Crippen LogP contribution in [0.1, 0.15) is 12.7 Å². The van der Waals surface area contributed by atoms with Crippen molar-refractivity contribution in [2.75, 3.05) is 5.73 Å². The number of nitrogens with zero attached hydrogens (tertiary/aromatic N) is 3. The summed E-state index contributed by atoms with van der Waals surface area (Å²) in [6, 6.07) is 5.63. The number of benzene rings is 1. The summed E-state index contributed by atoms with van der Waals surface area (Å²) >= 11 is 2.89. The van der Waals surface area contributed by atoms with E-state index in [2.05, 4.69) is 19.3 Å². The summed E-state index contributed by atoms with van der Waals surface area (Å²) in [5, 5.41) is 0.814. The van der Waals surface area contributed by atoms with Gasteiger partial charge in [0.05, 0.1) is 11.0 Å². The molecule has 18 heavy (non-hydrogen) atoms. The fourth-order valence-corrected chi connectivity index (χ4v) is 3.18. The number of nitrogens with one attached hydrogen (secondary N) is 1. The van der Waals surface area contributed by atoms with Crippen molar-refractivity contribution in [3.63, 3.8) is 0 Å². The maximum absolute atomic E-state index is 5.73. The number of anilines is 1. The highest BCUT2D eigenvalue weighted by atomic mass is 32.2. The zero-order valence-corrected chi connectivity index (χ0v) is 11.3. The summed E-state index contributed by atoms with van der Waals surface area (Å²) in [5.74, 6) is 0.878. The predicted molar refractivity (Wildman–Crippen MR) is 73.9 cm³/mol. The first-order chi connectivity index (χ1) is 8.74. The first-order valence-corrected chi connectivity index (χ1v) is 7.09. The molecular weight excluding hydrogens is 266 g/mol. The van der Waals surface area contributed by atoms with Crippen LogP contribution in [0.15, 0.2) is 27.7 Å². The molecule has 0 aliphatic rings. The Kier molecular flexibility index (Phi) is 2.92. The molecule has 2 aromatic heterocycles. The van der Waals surface area contributed by atoms with E-state index in [0.29, 0.717) is 0 Å². The summed E-state index contributed by atoms with van der Waals surface area (Å²) in [4.78, 5) is 12.1. The van der Waals surface area contributed by atoms with Gasteiger partial charge in [0.15, 0.2) is 9.50 Å². The van der Waals surface area contributed by atoms with E-state index in [1.54, 1.807) is 0 Å². The van der Waals surface area contributed by atoms with E-state index in [4.69, 9.17) is 5.73 Å². The van der Waals surface area contributed by atoms with E-state index in [9.17, 15) is 0 Å². The number of hydrogen-bond acceptors (Lipinski definition) is 6. The highest BCUT2D eigenvalue weighted by Crippen LogP contribution is 2.28. The van der Waals surface area contributed by atoms with Gasteiger partial charge in [-0.25, -0.2) is 9.97 Å². The van der Waals surface area contributed by atoms with Crippen molar-refractivity contribution in [3.8, 4) is 0 Å². The van der Waals surface area contributed by atoms with E-state index in [1.807, 2.05) is 25.1 Å². The molecule has 1 aromatic carbocycles. The second-order valence-electron chi connectivity index (χ2n) is 3.75. The molecule has 3 rings (SSSR count). The molecule has 3 aromatic rings. The van der Waals surface area contributed by atoms with Crippen LogP contribution in [-0.2, 0) is 6.42 Å². The number of hydrogen-bond donors (Lipinski definition) is 2. The van der Waals surface area contributed by atoms with Gasteiger partial charge in [0.25, 0.3) is 0 Å². The molecule has 0 aliphatic heterocycles. The van der Waals surface area contributed by atoms with Gasteiger partial charge in [-0.3, -0.25) is 0 Å². The van der Waals surface area contributed by atoms with Crippen molar-refractivity contribution in [3.05, 3.63) is 24.0 Å². The molecular formula is C11H11N5S2. The van der Waals surface area contributed by atoms with Gasteiger partial charge in [0.2, 0.25) is 0 Å². The molecule has 0 amide bonds. The second kappa shape index (κ2) is 4.58. The van der Waals surface area contributed by atoms with Gasteiger partial charge in [0, 0.05) is 12.1 Å². The number of nitrogen functional groups attached to an aromatic ring is 1. The predicted octanol–water partition coefficient (Wildman–Crippen LogP) is 2.71. The molecule has 0 saturated carbocycles. The Balaban J connectivity index is 1.90. The molecule has 0 atom stereocenters. The van der Waals surface area contributed by atoms with Crippen LogP contribution in [0.4, 0.5) is 5.69 Å². The lowest BCUT2D eigenvalue weighted by Crippen LogP contribution is -1.82. The molecule has 0 radical (unpaired) electrons. The normalized spacial score (nSPS) is 11.2. The Morgan fingerprint density at radius 2 is 2.28 bits per heavy atom. The molecule has 92 valence electrons. The number of rotatable bonds is 3. The smallest absolute Gasteiger partial charge is 0.177 e. The third kappa shape index (κ3) is 2.19. The molecule has 7 heteroatoms. The largest absolute Gasteiger partial charge is 0.399 e. The SMILES string of the molecule is CCc1nsc(Sc2nc3ccc(N)cc3[nH]2)n1. The van der Waals surface area contributed by atoms with E-state index in [-0.39, 0.29) is 0 Å². The topological polar surface area (TPSA) is 80.5 Å². The van der Waals surface area contributed by atoms with Crippen LogP contribution in [0.3, 0.4) is 0 Å². The van der Waals surface area contributed by atoms with Crippen LogP contribution in [-0.4, -0.2) is 19.3 Å². The number of imidazole rings is 1. The fraction of sp³-hybridized carbons (Fsp3) is 0.182. The van der Waals surface area contributed by atoms with Crippen molar-refractivity contribution in [1.82, 2.24) is 19.3 Å². The lowest BCUT2D eigenvalue weighted by Gasteiger charge is -1.90. The number of aromatic nitrogens is 4. The Morgan fingerprint density at radius 1 is 1.39 bits per heavy atom. The average molecular weight is 277 g/mol. The van der Waals surface area contributed by atoms with Gasteiger partial charge >= 0.3 is 0 Å². The van der Waals surface area contributed by atoms with Gasteiger partial charge in [-0.15, -0.1) is 0 Å². The lowest BCUT2D eigenvalue weighted by molar-refractivity contribution is 0.968. The molecule has 3 N–H and O–H groups in total. The van der Waals surface area contributed by atoms with E-state index in [1.165, 1.54) is 23.3 Å². The molecule has 0 fully saturated rings. The third-order valence-corrected chi connectivity index (χ3v) is 4.11. The maximum atomic E-state index is 5.73. The quantitative estimate of drug-likeness (QED) is 0.719. The molecule has 2 heterocycles. The molecule has 5 nitrogen and oxygen atoms in total. The maximum Gasteiger partial charge on any atom is 0.177 e. The first kappa shape index (κ1) is 11.5. The number of H-pyrrole nitrogens is 1. The van der Waals surface area contributed by atoms with Crippen molar-refractivity contribution in [2.24, 2.45) is 0 Å². The fourth-order valence-electron chi connectivity index (χ4n) is 1.56. The summed E-state index contributed by atoms with van der Waals surface area (Å²) in [5.41, 5.74) is 8.31. The minimum absolute atomic E-state index is 0.729. The Labute approximate surface area is 112 Å². The van der Waals surface area contributed by atoms with Gasteiger partial charge in [-0.1, -0.05) is 6.92 Å². The van der Waals surface area contributed by atoms with E-state index < -0.39 is 0 Å². The van der Waals surface area contributed by atoms with E-state index >= 15 is 0 Å². The number of aromatic amines is 1. The zero-order valence-electron chi connectivity index (χ0n) is 9.67. The zero-order chi connectivity index (χ0) is 12.5. The van der Waals surface area contributed by atoms with E-state index in [0.717, 1.165) is 38.5 Å². The van der Waals surface area contributed by atoms with Crippen molar-refractivity contribution in [1.29, 1.82) is 0 Å². The number of nitrogens with two attached hydrogens (primary N) is 1. The van der Waals surface area contributed by atoms with Gasteiger partial charge < -0.3 is 10.7 Å². The van der Waals surface area contributed by atoms with Gasteiger partial charge in [0.1, 0.15) is 5.82 Å². The summed E-state index contributed by atoms with van der Waals surface area (Å²) in [7, 11) is 0. The minimum atomic E-state index is 0.729. The number of fused-ring (bicyclic) bond motifs is 1. The van der Waals surface area contributed by atoms with Gasteiger partial charge in [-0.2, -0.15) is 4.37 Å². The lowest BCUT2D eigenvalue weighted by atomic mass is 10.3. The highest BCUT2D eigenvalue weighted by molar-refractivity contribution is 8.00. The summed E-state index contributed by atoms with van der Waals surface area (Å²) < 4.78 is 5.15. The summed E-state index contributed by atoms with van der Waals surface area (Å²) in [6.07, 6.45) is 0.855. The van der Waals surface area contributed by atoms with Gasteiger partial charge in [-0.05, 0) is 41.5 Å². The van der Waals surface area contributed by atoms with Crippen molar-refractivity contribution in [2.45, 2.75) is 22.8 Å².